The number of benzene rings is 1. The predicted molar refractivity (Wildman–Crippen MR) is 104 cm³/mol. The molecule has 1 aromatic carbocycles. The first kappa shape index (κ1) is 19.8. The van der Waals surface area contributed by atoms with Gasteiger partial charge in [0.25, 0.3) is 0 Å². The molecule has 2 atom stereocenters. The fourth-order valence-electron chi connectivity index (χ4n) is 3.83. The van der Waals surface area contributed by atoms with Crippen molar-refractivity contribution >= 4 is 5.97 Å². The number of allylic oxidation sites excluding steroid dienone is 4. The summed E-state index contributed by atoms with van der Waals surface area (Å²) in [5.74, 6) is -1.78. The maximum absolute atomic E-state index is 11.8. The molecule has 0 aliphatic heterocycles. The topological polar surface area (TPSA) is 77.8 Å². The third kappa shape index (κ3) is 4.01. The van der Waals surface area contributed by atoms with Crippen LogP contribution in [0.5, 0.6) is 11.5 Å². The fraction of sp³-hybridized carbons (Fsp3) is 0.409. The van der Waals surface area contributed by atoms with E-state index in [1.54, 1.807) is 6.08 Å². The van der Waals surface area contributed by atoms with Gasteiger partial charge >= 0.3 is 5.97 Å². The van der Waals surface area contributed by atoms with Crippen LogP contribution in [0, 0.1) is 5.92 Å². The van der Waals surface area contributed by atoms with E-state index in [2.05, 4.69) is 13.2 Å². The highest BCUT2D eigenvalue weighted by Gasteiger charge is 2.32. The third-order valence-electron chi connectivity index (χ3n) is 5.18. The Hall–Kier alpha value is -2.49. The summed E-state index contributed by atoms with van der Waals surface area (Å²) in [5.41, 5.74) is 2.75. The standard InChI is InChI=1S/C22H28O4/c1-5-6-7-8-15-12-18(23)20(21(24)19(15)22(25)26)17-11-14(4)9-10-16(17)13(2)3/h5,11-12,16-17,23-24H,1-2,6-10H2,3-4H3,(H,25,26)/t16-,17+/m0/s1. The Balaban J connectivity index is 2.60. The maximum atomic E-state index is 11.8. The van der Waals surface area contributed by atoms with Gasteiger partial charge in [-0.3, -0.25) is 0 Å². The molecular formula is C22H28O4. The van der Waals surface area contributed by atoms with Crippen LogP contribution < -0.4 is 0 Å². The third-order valence-corrected chi connectivity index (χ3v) is 5.18. The summed E-state index contributed by atoms with van der Waals surface area (Å²) in [6.07, 6.45) is 7.48. The molecule has 0 aromatic heterocycles. The number of carboxylic acid groups (broad SMARTS) is 1. The van der Waals surface area contributed by atoms with Gasteiger partial charge in [0.05, 0.1) is 0 Å². The lowest BCUT2D eigenvalue weighted by Crippen LogP contribution is -2.18. The van der Waals surface area contributed by atoms with E-state index < -0.39 is 5.97 Å². The van der Waals surface area contributed by atoms with Gasteiger partial charge in [-0.15, -0.1) is 6.58 Å². The normalized spacial score (nSPS) is 19.7. The first-order valence-electron chi connectivity index (χ1n) is 9.02. The Kier molecular flexibility index (Phi) is 6.30. The molecule has 0 radical (unpaired) electrons. The summed E-state index contributed by atoms with van der Waals surface area (Å²) in [5, 5.41) is 31.1. The van der Waals surface area contributed by atoms with E-state index in [0.717, 1.165) is 24.8 Å². The van der Waals surface area contributed by atoms with Crippen molar-refractivity contribution in [1.82, 2.24) is 0 Å². The number of phenolic OH excluding ortho intramolecular Hbond substituents is 1. The van der Waals surface area contributed by atoms with Crippen LogP contribution in [-0.2, 0) is 6.42 Å². The molecule has 140 valence electrons. The number of hydrogen-bond acceptors (Lipinski definition) is 3. The molecule has 1 aliphatic rings. The van der Waals surface area contributed by atoms with Crippen LogP contribution in [0.1, 0.15) is 66.9 Å². The van der Waals surface area contributed by atoms with Gasteiger partial charge in [-0.1, -0.05) is 29.9 Å². The van der Waals surface area contributed by atoms with Crippen LogP contribution >= 0.6 is 0 Å². The SMILES string of the molecule is C=CCCCc1cc(O)c([C@@H]2C=C(C)CC[C@H]2C(=C)C)c(O)c1C(=O)O. The summed E-state index contributed by atoms with van der Waals surface area (Å²) in [4.78, 5) is 11.8. The molecule has 0 bridgehead atoms. The molecule has 3 N–H and O–H groups in total. The molecule has 4 heteroatoms. The van der Waals surface area contributed by atoms with E-state index in [4.69, 9.17) is 0 Å². The molecule has 0 unspecified atom stereocenters. The predicted octanol–water partition coefficient (Wildman–Crippen LogP) is 5.32. The minimum Gasteiger partial charge on any atom is -0.507 e. The van der Waals surface area contributed by atoms with Crippen LogP contribution in [0.3, 0.4) is 0 Å². The smallest absolute Gasteiger partial charge is 0.339 e. The number of aromatic hydroxyl groups is 2. The summed E-state index contributed by atoms with van der Waals surface area (Å²) >= 11 is 0. The number of unbranched alkanes of at least 4 members (excludes halogenated alkanes) is 1. The molecular weight excluding hydrogens is 328 g/mol. The van der Waals surface area contributed by atoms with Crippen molar-refractivity contribution in [2.24, 2.45) is 5.92 Å². The number of aryl methyl sites for hydroxylation is 1. The zero-order valence-corrected chi connectivity index (χ0v) is 15.6. The largest absolute Gasteiger partial charge is 0.507 e. The van der Waals surface area contributed by atoms with E-state index in [0.29, 0.717) is 24.0 Å². The molecule has 0 spiro atoms. The number of hydrogen-bond donors (Lipinski definition) is 3. The molecule has 2 rings (SSSR count). The Morgan fingerprint density at radius 1 is 1.38 bits per heavy atom. The second-order valence-electron chi connectivity index (χ2n) is 7.21. The zero-order valence-electron chi connectivity index (χ0n) is 15.6. The summed E-state index contributed by atoms with van der Waals surface area (Å²) in [7, 11) is 0. The number of carbonyl (C=O) groups is 1. The lowest BCUT2D eigenvalue weighted by atomic mass is 9.73. The fourth-order valence-corrected chi connectivity index (χ4v) is 3.83. The monoisotopic (exact) mass is 356 g/mol. The van der Waals surface area contributed by atoms with Crippen molar-refractivity contribution in [1.29, 1.82) is 0 Å². The van der Waals surface area contributed by atoms with Crippen molar-refractivity contribution in [3.8, 4) is 11.5 Å². The molecule has 1 aliphatic carbocycles. The highest BCUT2D eigenvalue weighted by Crippen LogP contribution is 2.48. The number of carboxylic acids is 1. The minimum atomic E-state index is -1.18. The van der Waals surface area contributed by atoms with E-state index in [-0.39, 0.29) is 28.9 Å². The lowest BCUT2D eigenvalue weighted by molar-refractivity contribution is 0.0692. The number of phenols is 2. The van der Waals surface area contributed by atoms with Gasteiger partial charge < -0.3 is 15.3 Å². The Morgan fingerprint density at radius 3 is 2.65 bits per heavy atom. The summed E-state index contributed by atoms with van der Waals surface area (Å²) in [6.45, 7) is 11.7. The van der Waals surface area contributed by atoms with Crippen molar-refractivity contribution in [3.63, 3.8) is 0 Å². The van der Waals surface area contributed by atoms with E-state index in [1.807, 2.05) is 19.9 Å². The first-order valence-corrected chi connectivity index (χ1v) is 9.02. The van der Waals surface area contributed by atoms with Gasteiger partial charge in [-0.2, -0.15) is 0 Å². The molecule has 4 nitrogen and oxygen atoms in total. The van der Waals surface area contributed by atoms with Crippen LogP contribution in [-0.4, -0.2) is 21.3 Å². The molecule has 26 heavy (non-hydrogen) atoms. The van der Waals surface area contributed by atoms with Crippen LogP contribution in [0.25, 0.3) is 0 Å². The quantitative estimate of drug-likeness (QED) is 0.456. The second kappa shape index (κ2) is 8.26. The summed E-state index contributed by atoms with van der Waals surface area (Å²) < 4.78 is 0. The van der Waals surface area contributed by atoms with Gasteiger partial charge in [0, 0.05) is 11.5 Å². The van der Waals surface area contributed by atoms with Crippen LogP contribution in [0.2, 0.25) is 0 Å². The van der Waals surface area contributed by atoms with Crippen molar-refractivity contribution < 1.29 is 20.1 Å². The Labute approximate surface area is 155 Å². The van der Waals surface area contributed by atoms with Crippen LogP contribution in [0.15, 0.2) is 42.5 Å². The van der Waals surface area contributed by atoms with Crippen molar-refractivity contribution in [3.05, 3.63) is 59.2 Å². The number of aromatic carboxylic acids is 1. The highest BCUT2D eigenvalue weighted by atomic mass is 16.4. The van der Waals surface area contributed by atoms with E-state index in [1.165, 1.54) is 11.6 Å². The van der Waals surface area contributed by atoms with Crippen molar-refractivity contribution in [2.45, 2.75) is 51.9 Å². The zero-order chi connectivity index (χ0) is 19.4. The van der Waals surface area contributed by atoms with E-state index in [9.17, 15) is 20.1 Å². The number of rotatable bonds is 7. The van der Waals surface area contributed by atoms with Gasteiger partial charge in [-0.05, 0) is 63.5 Å². The Bertz CT molecular complexity index is 758. The maximum Gasteiger partial charge on any atom is 0.339 e. The Morgan fingerprint density at radius 2 is 2.08 bits per heavy atom. The van der Waals surface area contributed by atoms with Gasteiger partial charge in [0.1, 0.15) is 17.1 Å². The van der Waals surface area contributed by atoms with Crippen LogP contribution in [0.4, 0.5) is 0 Å². The van der Waals surface area contributed by atoms with Gasteiger partial charge in [0.15, 0.2) is 0 Å². The molecule has 0 amide bonds. The second-order valence-corrected chi connectivity index (χ2v) is 7.21. The first-order chi connectivity index (χ1) is 12.3. The average molecular weight is 356 g/mol. The molecule has 0 saturated heterocycles. The van der Waals surface area contributed by atoms with Gasteiger partial charge in [0.2, 0.25) is 0 Å². The molecule has 0 saturated carbocycles. The average Bonchev–Trinajstić information content (AvgIpc) is 2.54. The molecule has 1 aromatic rings. The van der Waals surface area contributed by atoms with E-state index >= 15 is 0 Å². The minimum absolute atomic E-state index is 0.0525. The summed E-state index contributed by atoms with van der Waals surface area (Å²) in [6, 6.07) is 1.49. The van der Waals surface area contributed by atoms with Crippen molar-refractivity contribution in [2.75, 3.05) is 0 Å². The lowest BCUT2D eigenvalue weighted by Gasteiger charge is -2.32. The molecule has 0 fully saturated rings. The molecule has 0 heterocycles. The highest BCUT2D eigenvalue weighted by molar-refractivity contribution is 5.94. The van der Waals surface area contributed by atoms with Gasteiger partial charge in [-0.25, -0.2) is 4.79 Å².